The van der Waals surface area contributed by atoms with Gasteiger partial charge in [0.1, 0.15) is 5.75 Å². The van der Waals surface area contributed by atoms with Gasteiger partial charge in [-0.1, -0.05) is 12.1 Å². The third-order valence-electron chi connectivity index (χ3n) is 3.79. The number of aromatic amines is 1. The normalized spacial score (nSPS) is 11.9. The molecule has 3 rings (SSSR count). The topological polar surface area (TPSA) is 105 Å². The van der Waals surface area contributed by atoms with E-state index in [9.17, 15) is 4.79 Å². The Bertz CT molecular complexity index is 874. The van der Waals surface area contributed by atoms with Crippen molar-refractivity contribution >= 4 is 28.4 Å². The van der Waals surface area contributed by atoms with Crippen LogP contribution in [0.3, 0.4) is 0 Å². The lowest BCUT2D eigenvalue weighted by atomic mass is 10.1. The van der Waals surface area contributed by atoms with E-state index in [1.54, 1.807) is 19.2 Å². The van der Waals surface area contributed by atoms with E-state index in [1.165, 1.54) is 0 Å². The fraction of sp³-hybridized carbons (Fsp3) is 0.176. The summed E-state index contributed by atoms with van der Waals surface area (Å²) in [6, 6.07) is 12.5. The zero-order valence-corrected chi connectivity index (χ0v) is 13.5. The van der Waals surface area contributed by atoms with E-state index in [0.29, 0.717) is 11.5 Å². The lowest BCUT2D eigenvalue weighted by Gasteiger charge is -2.16. The van der Waals surface area contributed by atoms with Crippen LogP contribution >= 0.6 is 0 Å². The summed E-state index contributed by atoms with van der Waals surface area (Å²) in [7, 11) is 1.61. The molecule has 0 aliphatic heterocycles. The Morgan fingerprint density at radius 3 is 2.92 bits per heavy atom. The molecule has 0 radical (unpaired) electrons. The van der Waals surface area contributed by atoms with Gasteiger partial charge >= 0.3 is 6.03 Å². The number of carbonyl (C=O) groups is 1. The standard InChI is InChI=1S/C17H19N5O2/c1-10(11-4-3-5-13(8-11)24-2)19-17(23)20-12-6-7-15-14(9-12)16(18)22-21-15/h3-10H,1-2H3,(H3,18,21,22)(H2,19,20,23)/t10-/m1/s1. The molecule has 1 aromatic heterocycles. The van der Waals surface area contributed by atoms with Crippen LogP contribution in [-0.4, -0.2) is 23.3 Å². The second-order valence-electron chi connectivity index (χ2n) is 5.47. The highest BCUT2D eigenvalue weighted by Gasteiger charge is 2.11. The molecule has 7 heteroatoms. The van der Waals surface area contributed by atoms with Crippen molar-refractivity contribution in [3.8, 4) is 5.75 Å². The Kier molecular flexibility index (Phi) is 4.24. The number of urea groups is 1. The van der Waals surface area contributed by atoms with E-state index in [0.717, 1.165) is 22.2 Å². The molecule has 0 saturated heterocycles. The van der Waals surface area contributed by atoms with Crippen LogP contribution in [0.5, 0.6) is 5.75 Å². The van der Waals surface area contributed by atoms with Crippen LogP contribution < -0.4 is 21.1 Å². The SMILES string of the molecule is COc1cccc([C@@H](C)NC(=O)Nc2ccc3[nH]nc(N)c3c2)c1. The van der Waals surface area contributed by atoms with Crippen molar-refractivity contribution < 1.29 is 9.53 Å². The number of amides is 2. The molecule has 2 amide bonds. The highest BCUT2D eigenvalue weighted by Crippen LogP contribution is 2.22. The van der Waals surface area contributed by atoms with Crippen LogP contribution in [-0.2, 0) is 0 Å². The van der Waals surface area contributed by atoms with Crippen molar-refractivity contribution in [2.45, 2.75) is 13.0 Å². The molecule has 0 aliphatic rings. The minimum absolute atomic E-state index is 0.164. The Morgan fingerprint density at radius 2 is 2.12 bits per heavy atom. The fourth-order valence-electron chi connectivity index (χ4n) is 2.47. The molecule has 0 spiro atoms. The smallest absolute Gasteiger partial charge is 0.319 e. The molecule has 1 heterocycles. The maximum absolute atomic E-state index is 12.2. The van der Waals surface area contributed by atoms with Crippen LogP contribution in [0.15, 0.2) is 42.5 Å². The van der Waals surface area contributed by atoms with Gasteiger partial charge in [0, 0.05) is 11.1 Å². The number of methoxy groups -OCH3 is 1. The number of fused-ring (bicyclic) bond motifs is 1. The molecule has 3 aromatic rings. The van der Waals surface area contributed by atoms with Crippen molar-refractivity contribution in [1.82, 2.24) is 15.5 Å². The van der Waals surface area contributed by atoms with Crippen molar-refractivity contribution in [2.24, 2.45) is 0 Å². The van der Waals surface area contributed by atoms with Crippen LogP contribution in [0.4, 0.5) is 16.3 Å². The number of nitrogens with zero attached hydrogens (tertiary/aromatic N) is 1. The molecule has 0 unspecified atom stereocenters. The van der Waals surface area contributed by atoms with Crippen LogP contribution in [0.1, 0.15) is 18.5 Å². The number of nitrogen functional groups attached to an aromatic ring is 1. The summed E-state index contributed by atoms with van der Waals surface area (Å²) in [5.74, 6) is 1.15. The molecular formula is C17H19N5O2. The molecule has 24 heavy (non-hydrogen) atoms. The van der Waals surface area contributed by atoms with E-state index >= 15 is 0 Å². The number of carbonyl (C=O) groups excluding carboxylic acids is 1. The van der Waals surface area contributed by atoms with Gasteiger partial charge in [-0.15, -0.1) is 0 Å². The number of anilines is 2. The zero-order valence-electron chi connectivity index (χ0n) is 13.5. The first-order valence-electron chi connectivity index (χ1n) is 7.52. The van der Waals surface area contributed by atoms with Gasteiger partial charge in [-0.3, -0.25) is 5.10 Å². The summed E-state index contributed by atoms with van der Waals surface area (Å²) < 4.78 is 5.20. The molecule has 7 nitrogen and oxygen atoms in total. The van der Waals surface area contributed by atoms with Gasteiger partial charge < -0.3 is 21.1 Å². The lowest BCUT2D eigenvalue weighted by Crippen LogP contribution is -2.31. The molecule has 0 bridgehead atoms. The van der Waals surface area contributed by atoms with Gasteiger partial charge in [-0.25, -0.2) is 4.79 Å². The van der Waals surface area contributed by atoms with Crippen molar-refractivity contribution in [3.63, 3.8) is 0 Å². The summed E-state index contributed by atoms with van der Waals surface area (Å²) in [4.78, 5) is 12.2. The van der Waals surface area contributed by atoms with E-state index in [4.69, 9.17) is 10.5 Å². The third kappa shape index (κ3) is 3.24. The Labute approximate surface area is 139 Å². The minimum Gasteiger partial charge on any atom is -0.497 e. The van der Waals surface area contributed by atoms with Gasteiger partial charge in [0.25, 0.3) is 0 Å². The quantitative estimate of drug-likeness (QED) is 0.591. The largest absolute Gasteiger partial charge is 0.497 e. The number of hydrogen-bond donors (Lipinski definition) is 4. The summed E-state index contributed by atoms with van der Waals surface area (Å²) >= 11 is 0. The zero-order chi connectivity index (χ0) is 17.1. The van der Waals surface area contributed by atoms with E-state index in [-0.39, 0.29) is 12.1 Å². The molecule has 2 aromatic carbocycles. The fourth-order valence-corrected chi connectivity index (χ4v) is 2.47. The third-order valence-corrected chi connectivity index (χ3v) is 3.79. The molecule has 5 N–H and O–H groups in total. The molecule has 0 aliphatic carbocycles. The number of aromatic nitrogens is 2. The predicted octanol–water partition coefficient (Wildman–Crippen LogP) is 3.04. The highest BCUT2D eigenvalue weighted by atomic mass is 16.5. The van der Waals surface area contributed by atoms with E-state index in [2.05, 4.69) is 20.8 Å². The molecule has 1 atom stereocenters. The first-order chi connectivity index (χ1) is 11.6. The Hall–Kier alpha value is -3.22. The number of benzene rings is 2. The number of ether oxygens (including phenoxy) is 1. The summed E-state index contributed by atoms with van der Waals surface area (Å²) in [5.41, 5.74) is 8.20. The minimum atomic E-state index is -0.299. The number of hydrogen-bond acceptors (Lipinski definition) is 4. The number of nitrogens with two attached hydrogens (primary N) is 1. The lowest BCUT2D eigenvalue weighted by molar-refractivity contribution is 0.249. The van der Waals surface area contributed by atoms with Crippen LogP contribution in [0.25, 0.3) is 10.9 Å². The molecule has 0 fully saturated rings. The second kappa shape index (κ2) is 6.49. The first-order valence-corrected chi connectivity index (χ1v) is 7.52. The summed E-state index contributed by atoms with van der Waals surface area (Å²) in [6.07, 6.45) is 0. The van der Waals surface area contributed by atoms with Gasteiger partial charge in [0.2, 0.25) is 0 Å². The van der Waals surface area contributed by atoms with Crippen molar-refractivity contribution in [1.29, 1.82) is 0 Å². The van der Waals surface area contributed by atoms with E-state index in [1.807, 2.05) is 37.3 Å². The molecule has 0 saturated carbocycles. The maximum Gasteiger partial charge on any atom is 0.319 e. The van der Waals surface area contributed by atoms with E-state index < -0.39 is 0 Å². The molecule has 124 valence electrons. The Balaban J connectivity index is 1.68. The average Bonchev–Trinajstić information content (AvgIpc) is 2.95. The first kappa shape index (κ1) is 15.7. The number of rotatable bonds is 4. The van der Waals surface area contributed by atoms with Crippen molar-refractivity contribution in [3.05, 3.63) is 48.0 Å². The average molecular weight is 325 g/mol. The Morgan fingerprint density at radius 1 is 1.29 bits per heavy atom. The van der Waals surface area contributed by atoms with Gasteiger partial charge in [0.05, 0.1) is 18.7 Å². The van der Waals surface area contributed by atoms with Crippen LogP contribution in [0, 0.1) is 0 Å². The van der Waals surface area contributed by atoms with Gasteiger partial charge in [-0.2, -0.15) is 5.10 Å². The number of H-pyrrole nitrogens is 1. The van der Waals surface area contributed by atoms with Crippen LogP contribution in [0.2, 0.25) is 0 Å². The monoisotopic (exact) mass is 325 g/mol. The molecular weight excluding hydrogens is 306 g/mol. The summed E-state index contributed by atoms with van der Waals surface area (Å²) in [6.45, 7) is 1.91. The second-order valence-corrected chi connectivity index (χ2v) is 5.47. The highest BCUT2D eigenvalue weighted by molar-refractivity contribution is 5.95. The van der Waals surface area contributed by atoms with Crippen molar-refractivity contribution in [2.75, 3.05) is 18.2 Å². The number of nitrogens with one attached hydrogen (secondary N) is 3. The van der Waals surface area contributed by atoms with Gasteiger partial charge in [0.15, 0.2) is 5.82 Å². The predicted molar refractivity (Wildman–Crippen MR) is 94.1 cm³/mol. The summed E-state index contributed by atoms with van der Waals surface area (Å²) in [5, 5.41) is 13.2. The van der Waals surface area contributed by atoms with Gasteiger partial charge in [-0.05, 0) is 42.8 Å². The maximum atomic E-state index is 12.2.